The third-order valence-electron chi connectivity index (χ3n) is 6.06. The zero-order valence-electron chi connectivity index (χ0n) is 22.0. The Morgan fingerprint density at radius 2 is 1.75 bits per heavy atom. The molecule has 0 aromatic heterocycles. The number of carbonyl (C=O) groups excluding carboxylic acids is 3. The summed E-state index contributed by atoms with van der Waals surface area (Å²) in [5, 5.41) is 9.93. The molecule has 0 fully saturated rings. The van der Waals surface area contributed by atoms with Gasteiger partial charge in [0.15, 0.2) is 9.84 Å². The Bertz CT molecular complexity index is 1610. The van der Waals surface area contributed by atoms with Crippen LogP contribution in [-0.2, 0) is 24.2 Å². The number of nitrogens with one attached hydrogen (secondary N) is 2. The average molecular weight is 567 g/mol. The lowest BCUT2D eigenvalue weighted by Crippen LogP contribution is -2.43. The maximum Gasteiger partial charge on any atom is 0.354 e. The van der Waals surface area contributed by atoms with Crippen molar-refractivity contribution in [2.75, 3.05) is 23.5 Å². The molecule has 12 heteroatoms. The molecule has 2 N–H and O–H groups in total. The predicted molar refractivity (Wildman–Crippen MR) is 148 cm³/mol. The molecule has 0 saturated carbocycles. The van der Waals surface area contributed by atoms with E-state index in [0.717, 1.165) is 22.9 Å². The van der Waals surface area contributed by atoms with Crippen molar-refractivity contribution < 1.29 is 31.9 Å². The van der Waals surface area contributed by atoms with Gasteiger partial charge >= 0.3 is 12.0 Å². The van der Waals surface area contributed by atoms with E-state index in [0.29, 0.717) is 16.8 Å². The normalized spacial score (nSPS) is 14.8. The number of rotatable bonds is 7. The number of benzene rings is 3. The van der Waals surface area contributed by atoms with E-state index in [1.807, 2.05) is 6.92 Å². The van der Waals surface area contributed by atoms with Gasteiger partial charge in [0.25, 0.3) is 0 Å². The van der Waals surface area contributed by atoms with E-state index in [1.54, 1.807) is 49.4 Å². The van der Waals surface area contributed by atoms with Crippen LogP contribution in [0.3, 0.4) is 0 Å². The summed E-state index contributed by atoms with van der Waals surface area (Å²) in [6.45, 7) is 3.57. The van der Waals surface area contributed by atoms with Gasteiger partial charge in [0.1, 0.15) is 17.6 Å². The molecular weight excluding hydrogens is 539 g/mol. The van der Waals surface area contributed by atoms with Crippen molar-refractivity contribution in [1.29, 1.82) is 0 Å². The molecule has 0 aliphatic carbocycles. The molecule has 0 radical (unpaired) electrons. The highest BCUT2D eigenvalue weighted by atomic mass is 32.2. The number of hydrazone groups is 1. The first kappa shape index (κ1) is 28.4. The number of carbonyl (C=O) groups is 3. The van der Waals surface area contributed by atoms with Crippen molar-refractivity contribution in [3.05, 3.63) is 78.1 Å². The predicted octanol–water partition coefficient (Wildman–Crippen LogP) is 4.37. The van der Waals surface area contributed by atoms with Gasteiger partial charge in [0, 0.05) is 23.9 Å². The van der Waals surface area contributed by atoms with Crippen LogP contribution in [0.2, 0.25) is 0 Å². The minimum Gasteiger partial charge on any atom is -0.461 e. The summed E-state index contributed by atoms with van der Waals surface area (Å²) in [5.74, 6) is -2.38. The standard InChI is InChI=1S/C28H27FN4O6S/c1-4-39-27(35)23-16-24(33(32-23)28(36)30-19-12-9-17(2)10-13-19)26(34)31-22-14-11-18(15-21(22)29)20-7-5-6-8-25(20)40(3,37)38/h5-15,24H,4,16H2,1-3H3,(H,30,36)(H,31,34). The number of halogens is 1. The zero-order chi connectivity index (χ0) is 29.0. The van der Waals surface area contributed by atoms with E-state index in [-0.39, 0.29) is 29.3 Å². The third-order valence-corrected chi connectivity index (χ3v) is 7.21. The van der Waals surface area contributed by atoms with E-state index in [1.165, 1.54) is 18.2 Å². The Morgan fingerprint density at radius 1 is 1.05 bits per heavy atom. The molecule has 0 spiro atoms. The molecule has 208 valence electrons. The number of aryl methyl sites for hydroxylation is 1. The Hall–Kier alpha value is -4.58. The summed E-state index contributed by atoms with van der Waals surface area (Å²) in [5.41, 5.74) is 1.70. The van der Waals surface area contributed by atoms with Crippen LogP contribution >= 0.6 is 0 Å². The fourth-order valence-corrected chi connectivity index (χ4v) is 5.00. The molecule has 10 nitrogen and oxygen atoms in total. The van der Waals surface area contributed by atoms with Crippen LogP contribution < -0.4 is 10.6 Å². The van der Waals surface area contributed by atoms with Crippen LogP contribution in [0.4, 0.5) is 20.6 Å². The van der Waals surface area contributed by atoms with Gasteiger partial charge in [0.05, 0.1) is 17.2 Å². The first-order chi connectivity index (χ1) is 19.0. The monoisotopic (exact) mass is 566 g/mol. The summed E-state index contributed by atoms with van der Waals surface area (Å²) < 4.78 is 44.5. The van der Waals surface area contributed by atoms with Gasteiger partial charge in [-0.25, -0.2) is 27.4 Å². The highest BCUT2D eigenvalue weighted by Gasteiger charge is 2.40. The van der Waals surface area contributed by atoms with Crippen LogP contribution in [0.1, 0.15) is 18.9 Å². The molecule has 3 aromatic rings. The molecule has 40 heavy (non-hydrogen) atoms. The maximum absolute atomic E-state index is 15.1. The molecule has 1 atom stereocenters. The number of nitrogens with zero attached hydrogens (tertiary/aromatic N) is 2. The minimum atomic E-state index is -3.58. The van der Waals surface area contributed by atoms with Crippen LogP contribution in [0, 0.1) is 12.7 Å². The third kappa shape index (κ3) is 6.34. The molecule has 4 rings (SSSR count). The average Bonchev–Trinajstić information content (AvgIpc) is 3.37. The summed E-state index contributed by atoms with van der Waals surface area (Å²) in [7, 11) is -3.58. The molecule has 1 heterocycles. The Kier molecular flexibility index (Phi) is 8.29. The van der Waals surface area contributed by atoms with Crippen LogP contribution in [-0.4, -0.2) is 56.0 Å². The SMILES string of the molecule is CCOC(=O)C1=NN(C(=O)Nc2ccc(C)cc2)C(C(=O)Nc2ccc(-c3ccccc3S(C)(=O)=O)cc2F)C1. The quantitative estimate of drug-likeness (QED) is 0.408. The molecule has 3 aromatic carbocycles. The second-order valence-corrected chi connectivity index (χ2v) is 11.1. The van der Waals surface area contributed by atoms with E-state index in [2.05, 4.69) is 15.7 Å². The molecule has 1 unspecified atom stereocenters. The van der Waals surface area contributed by atoms with E-state index >= 15 is 4.39 Å². The number of amides is 3. The lowest BCUT2D eigenvalue weighted by atomic mass is 10.0. The summed E-state index contributed by atoms with van der Waals surface area (Å²) >= 11 is 0. The first-order valence-electron chi connectivity index (χ1n) is 12.3. The highest BCUT2D eigenvalue weighted by molar-refractivity contribution is 7.90. The molecule has 3 amide bonds. The number of anilines is 2. The number of ether oxygens (including phenoxy) is 1. The Labute approximate surface area is 230 Å². The van der Waals surface area contributed by atoms with Crippen LogP contribution in [0.15, 0.2) is 76.7 Å². The van der Waals surface area contributed by atoms with Crippen molar-refractivity contribution >= 4 is 44.8 Å². The van der Waals surface area contributed by atoms with E-state index in [9.17, 15) is 22.8 Å². The number of esters is 1. The van der Waals surface area contributed by atoms with Crippen LogP contribution in [0.25, 0.3) is 11.1 Å². The van der Waals surface area contributed by atoms with Gasteiger partial charge in [-0.1, -0.05) is 42.0 Å². The molecule has 1 aliphatic heterocycles. The van der Waals surface area contributed by atoms with Gasteiger partial charge in [-0.05, 0) is 49.7 Å². The van der Waals surface area contributed by atoms with Gasteiger partial charge in [-0.2, -0.15) is 5.10 Å². The topological polar surface area (TPSA) is 134 Å². The molecule has 0 bridgehead atoms. The fourth-order valence-electron chi connectivity index (χ4n) is 4.09. The number of hydrogen-bond donors (Lipinski definition) is 2. The lowest BCUT2D eigenvalue weighted by molar-refractivity contribution is -0.135. The van der Waals surface area contributed by atoms with Crippen molar-refractivity contribution in [2.45, 2.75) is 31.2 Å². The lowest BCUT2D eigenvalue weighted by Gasteiger charge is -2.21. The van der Waals surface area contributed by atoms with Gasteiger partial charge in [-0.15, -0.1) is 0 Å². The highest BCUT2D eigenvalue weighted by Crippen LogP contribution is 2.30. The van der Waals surface area contributed by atoms with E-state index in [4.69, 9.17) is 4.74 Å². The minimum absolute atomic E-state index is 0.0380. The summed E-state index contributed by atoms with van der Waals surface area (Å²) in [6.07, 6.45) is 0.819. The van der Waals surface area contributed by atoms with Gasteiger partial charge < -0.3 is 15.4 Å². The molecule has 1 aliphatic rings. The number of sulfone groups is 1. The van der Waals surface area contributed by atoms with Crippen molar-refractivity contribution in [3.8, 4) is 11.1 Å². The van der Waals surface area contributed by atoms with E-state index < -0.39 is 39.6 Å². The molecule has 0 saturated heterocycles. The Balaban J connectivity index is 1.57. The van der Waals surface area contributed by atoms with Crippen molar-refractivity contribution in [3.63, 3.8) is 0 Å². The summed E-state index contributed by atoms with van der Waals surface area (Å²) in [6, 6.07) is 14.9. The largest absolute Gasteiger partial charge is 0.461 e. The van der Waals surface area contributed by atoms with Crippen molar-refractivity contribution in [1.82, 2.24) is 5.01 Å². The first-order valence-corrected chi connectivity index (χ1v) is 14.2. The Morgan fingerprint density at radius 3 is 2.40 bits per heavy atom. The maximum atomic E-state index is 15.1. The number of urea groups is 1. The van der Waals surface area contributed by atoms with Crippen LogP contribution in [0.5, 0.6) is 0 Å². The molecular formula is C28H27FN4O6S. The zero-order valence-corrected chi connectivity index (χ0v) is 22.8. The summed E-state index contributed by atoms with van der Waals surface area (Å²) in [4.78, 5) is 38.6. The fraction of sp³-hybridized carbons (Fsp3) is 0.214. The second kappa shape index (κ2) is 11.7. The van der Waals surface area contributed by atoms with Gasteiger partial charge in [0.2, 0.25) is 5.91 Å². The smallest absolute Gasteiger partial charge is 0.354 e. The second-order valence-electron chi connectivity index (χ2n) is 9.08. The van der Waals surface area contributed by atoms with Gasteiger partial charge in [-0.3, -0.25) is 4.79 Å². The number of hydrogen-bond acceptors (Lipinski definition) is 7. The van der Waals surface area contributed by atoms with Crippen molar-refractivity contribution in [2.24, 2.45) is 5.10 Å².